The molecule has 5 rings (SSSR count). The van der Waals surface area contributed by atoms with Crippen LogP contribution in [-0.4, -0.2) is 59.5 Å². The highest BCUT2D eigenvalue weighted by molar-refractivity contribution is 14.2. The predicted molar refractivity (Wildman–Crippen MR) is 175 cm³/mol. The molecule has 8 nitrogen and oxygen atoms in total. The van der Waals surface area contributed by atoms with E-state index in [0.29, 0.717) is 31.0 Å². The van der Waals surface area contributed by atoms with Crippen molar-refractivity contribution in [3.63, 3.8) is 0 Å². The van der Waals surface area contributed by atoms with Crippen molar-refractivity contribution in [2.45, 2.75) is 19.4 Å². The van der Waals surface area contributed by atoms with E-state index in [9.17, 15) is 0 Å². The lowest BCUT2D eigenvalue weighted by Gasteiger charge is -2.18. The Labute approximate surface area is 263 Å². The van der Waals surface area contributed by atoms with Gasteiger partial charge < -0.3 is 23.0 Å². The third-order valence-electron chi connectivity index (χ3n) is 5.69. The molecule has 15 heteroatoms. The Bertz CT molecular complexity index is 1460. The molecule has 0 saturated carbocycles. The molecule has 0 fully saturated rings. The maximum Gasteiger partial charge on any atom is 0.332 e. The summed E-state index contributed by atoms with van der Waals surface area (Å²) in [5.41, 5.74) is 4.70. The summed E-state index contributed by atoms with van der Waals surface area (Å²) in [7, 11) is 3.39. The van der Waals surface area contributed by atoms with E-state index in [-0.39, 0.29) is 18.5 Å². The largest absolute Gasteiger partial charge is 0.484 e. The Morgan fingerprint density at radius 2 is 1.87 bits per heavy atom. The average Bonchev–Trinajstić information content (AvgIpc) is 3.55. The molecule has 2 aromatic carbocycles. The van der Waals surface area contributed by atoms with Crippen molar-refractivity contribution >= 4 is 101 Å². The number of methoxy groups -OCH3 is 1. The molecular weight excluding hydrogens is 810 g/mol. The number of hydrogen-bond donors (Lipinski definition) is 0. The summed E-state index contributed by atoms with van der Waals surface area (Å²) < 4.78 is 44.8. The number of benzene rings is 2. The van der Waals surface area contributed by atoms with Gasteiger partial charge in [-0.05, 0) is 67.0 Å². The second kappa shape index (κ2) is 14.2. The lowest BCUT2D eigenvalue weighted by atomic mass is 10.1. The van der Waals surface area contributed by atoms with E-state index in [1.54, 1.807) is 31.2 Å². The van der Waals surface area contributed by atoms with Crippen LogP contribution >= 0.6 is 80.2 Å². The predicted octanol–water partition coefficient (Wildman–Crippen LogP) is 8.11. The first kappa shape index (κ1) is 30.1. The summed E-state index contributed by atoms with van der Waals surface area (Å²) in [4.78, 5) is 13.9. The zero-order valence-corrected chi connectivity index (χ0v) is 28.5. The van der Waals surface area contributed by atoms with Crippen LogP contribution < -0.4 is 9.47 Å². The zero-order chi connectivity index (χ0) is 27.4. The van der Waals surface area contributed by atoms with E-state index in [0.717, 1.165) is 48.9 Å². The third-order valence-corrected chi connectivity index (χ3v) is 11.3. The lowest BCUT2D eigenvalue weighted by molar-refractivity contribution is 0.110. The number of fused-ring (bicyclic) bond motifs is 4. The normalized spacial score (nSPS) is 14.9. The fourth-order valence-corrected chi connectivity index (χ4v) is 7.81. The molecule has 0 N–H and O–H groups in total. The maximum atomic E-state index is 15.1. The number of ether oxygens (including phenoxy) is 2. The summed E-state index contributed by atoms with van der Waals surface area (Å²) in [5.74, 6) is 1.96. The Morgan fingerprint density at radius 1 is 1.10 bits per heavy atom. The topological polar surface area (TPSA) is 84.8 Å². The van der Waals surface area contributed by atoms with Crippen LogP contribution in [0.2, 0.25) is 0 Å². The minimum atomic E-state index is -1.51. The number of aryl methyl sites for hydroxylation is 1. The smallest absolute Gasteiger partial charge is 0.332 e. The van der Waals surface area contributed by atoms with E-state index in [4.69, 9.17) is 28.0 Å². The molecule has 0 radical (unpaired) electrons. The molecule has 1 atom stereocenters. The number of halogens is 3. The zero-order valence-electron chi connectivity index (χ0n) is 20.8. The van der Waals surface area contributed by atoms with Crippen LogP contribution in [0.25, 0.3) is 31.8 Å². The van der Waals surface area contributed by atoms with E-state index in [2.05, 4.69) is 52.4 Å². The Morgan fingerprint density at radius 3 is 2.59 bits per heavy atom. The van der Waals surface area contributed by atoms with Crippen molar-refractivity contribution in [2.24, 2.45) is 0 Å². The fraction of sp³-hybridized carbons (Fsp3) is 0.375. The molecule has 1 unspecified atom stereocenters. The fourth-order valence-electron chi connectivity index (χ4n) is 4.09. The van der Waals surface area contributed by atoms with Gasteiger partial charge in [0.2, 0.25) is 5.88 Å². The Hall–Kier alpha value is -0.330. The molecule has 39 heavy (non-hydrogen) atoms. The molecule has 0 saturated heterocycles. The second-order valence-electron chi connectivity index (χ2n) is 8.38. The first-order valence-corrected chi connectivity index (χ1v) is 20.7. The first-order valence-electron chi connectivity index (χ1n) is 11.8. The molecule has 1 aliphatic rings. The number of thiazole rings is 1. The quantitative estimate of drug-likeness (QED) is 0.0749. The maximum absolute atomic E-state index is 15.1. The van der Waals surface area contributed by atoms with Crippen LogP contribution in [0.15, 0.2) is 24.4 Å². The van der Waals surface area contributed by atoms with Gasteiger partial charge in [0.1, 0.15) is 11.1 Å². The summed E-state index contributed by atoms with van der Waals surface area (Å²) in [5, 5.41) is 0.747. The number of hydrogen-bond acceptors (Lipinski definition) is 11. The van der Waals surface area contributed by atoms with Gasteiger partial charge in [-0.25, -0.2) is 19.3 Å². The highest BCUT2D eigenvalue weighted by Gasteiger charge is 2.31. The van der Waals surface area contributed by atoms with Gasteiger partial charge in [-0.15, -0.1) is 11.3 Å². The minimum Gasteiger partial charge on any atom is -0.484 e. The summed E-state index contributed by atoms with van der Waals surface area (Å²) in [6, 6.07) is 5.42. The molecular formula is C24H23FI2N3O5PS3. The van der Waals surface area contributed by atoms with Gasteiger partial charge in [0, 0.05) is 35.1 Å². The standard InChI is InChI=1S/C24H23FI2N3O5PS3/c1-13-7-15(21-18(8-13)29-20(31-2)11-28-21)24-30-19-10-17(25)22-16(23(19)39-24)9-14(35-22)12-34-36(32-3-5-37-26)33-4-6-38-27/h7-8,10-11,14H,3-6,9,12H2,1-2H3. The molecule has 0 spiro atoms. The van der Waals surface area contributed by atoms with Gasteiger partial charge in [0.05, 0.1) is 54.4 Å². The summed E-state index contributed by atoms with van der Waals surface area (Å²) in [6.07, 6.45) is 1.75. The lowest BCUT2D eigenvalue weighted by Crippen LogP contribution is -2.20. The van der Waals surface area contributed by atoms with Gasteiger partial charge in [0.15, 0.2) is 11.6 Å². The van der Waals surface area contributed by atoms with Gasteiger partial charge in [-0.2, -0.15) is 0 Å². The van der Waals surface area contributed by atoms with Gasteiger partial charge >= 0.3 is 8.60 Å². The molecule has 208 valence electrons. The molecule has 2 aromatic heterocycles. The van der Waals surface area contributed by atoms with Crippen LogP contribution in [0.3, 0.4) is 0 Å². The van der Waals surface area contributed by atoms with Crippen molar-refractivity contribution in [1.82, 2.24) is 15.0 Å². The van der Waals surface area contributed by atoms with Crippen molar-refractivity contribution < 1.29 is 27.4 Å². The first-order chi connectivity index (χ1) is 19.0. The molecule has 3 heterocycles. The van der Waals surface area contributed by atoms with Crippen molar-refractivity contribution in [1.29, 1.82) is 0 Å². The van der Waals surface area contributed by atoms with Gasteiger partial charge in [0.25, 0.3) is 0 Å². The molecule has 0 amide bonds. The van der Waals surface area contributed by atoms with Crippen molar-refractivity contribution in [3.05, 3.63) is 41.3 Å². The van der Waals surface area contributed by atoms with E-state index < -0.39 is 14.4 Å². The Kier molecular flexibility index (Phi) is 11.0. The SMILES string of the molecule is COc1cnc2c(-c3nc4cc(F)c5c(c4s3)CC(COP(OCCSI)OCCSI)O5)cc(C)cc2n1. The summed E-state index contributed by atoms with van der Waals surface area (Å²) >= 11 is 5.97. The van der Waals surface area contributed by atoms with Crippen molar-refractivity contribution in [3.8, 4) is 22.2 Å². The molecule has 1 aliphatic heterocycles. The van der Waals surface area contributed by atoms with Crippen LogP contribution in [0, 0.1) is 12.7 Å². The highest BCUT2D eigenvalue weighted by atomic mass is 127. The monoisotopic (exact) mass is 833 g/mol. The average molecular weight is 833 g/mol. The number of rotatable bonds is 13. The molecule has 0 aliphatic carbocycles. The summed E-state index contributed by atoms with van der Waals surface area (Å²) in [6.45, 7) is 3.30. The molecule has 0 bridgehead atoms. The minimum absolute atomic E-state index is 0.238. The van der Waals surface area contributed by atoms with Gasteiger partial charge in [-0.1, -0.05) is 17.9 Å². The van der Waals surface area contributed by atoms with Crippen LogP contribution in [0.1, 0.15) is 11.1 Å². The molecule has 4 aromatic rings. The number of nitrogens with zero attached hydrogens (tertiary/aromatic N) is 3. The van der Waals surface area contributed by atoms with Gasteiger partial charge in [-0.3, -0.25) is 0 Å². The van der Waals surface area contributed by atoms with E-state index in [1.165, 1.54) is 17.4 Å². The highest BCUT2D eigenvalue weighted by Crippen LogP contribution is 2.45. The van der Waals surface area contributed by atoms with Crippen LogP contribution in [-0.2, 0) is 20.0 Å². The third kappa shape index (κ3) is 7.19. The van der Waals surface area contributed by atoms with E-state index in [1.807, 2.05) is 19.1 Å². The van der Waals surface area contributed by atoms with E-state index >= 15 is 4.39 Å². The van der Waals surface area contributed by atoms with Crippen molar-refractivity contribution in [2.75, 3.05) is 38.4 Å². The Balaban J connectivity index is 1.38. The second-order valence-corrected chi connectivity index (χ2v) is 15.6. The number of aromatic nitrogens is 3. The van der Waals surface area contributed by atoms with Crippen LogP contribution in [0.4, 0.5) is 4.39 Å². The van der Waals surface area contributed by atoms with Crippen LogP contribution in [0.5, 0.6) is 11.6 Å².